The van der Waals surface area contributed by atoms with Crippen LogP contribution in [-0.4, -0.2) is 30.2 Å². The summed E-state index contributed by atoms with van der Waals surface area (Å²) in [5.74, 6) is 0.442. The number of aromatic nitrogens is 5. The van der Waals surface area contributed by atoms with Crippen LogP contribution in [0.4, 0.5) is 10.2 Å². The molecule has 0 radical (unpaired) electrons. The molecular weight excluding hydrogens is 419 g/mol. The van der Waals surface area contributed by atoms with Gasteiger partial charge in [0.1, 0.15) is 17.4 Å². The van der Waals surface area contributed by atoms with Crippen LogP contribution in [0, 0.1) is 26.6 Å². The van der Waals surface area contributed by atoms with Gasteiger partial charge in [0.25, 0.3) is 11.1 Å². The number of nitrogens with one attached hydrogen (secondary N) is 1. The number of aryl methyl sites for hydroxylation is 2. The fourth-order valence-corrected chi connectivity index (χ4v) is 3.36. The van der Waals surface area contributed by atoms with Gasteiger partial charge in [-0.05, 0) is 38.5 Å². The average Bonchev–Trinajstić information content (AvgIpc) is 3.16. The minimum Gasteiger partial charge on any atom is -0.430 e. The predicted molar refractivity (Wildman–Crippen MR) is 114 cm³/mol. The molecule has 1 amide bonds. The molecule has 0 aliphatic rings. The van der Waals surface area contributed by atoms with E-state index in [1.165, 1.54) is 30.8 Å². The van der Waals surface area contributed by atoms with Crippen molar-refractivity contribution in [2.45, 2.75) is 20.8 Å². The lowest BCUT2D eigenvalue weighted by molar-refractivity contribution is 0.102. The summed E-state index contributed by atoms with van der Waals surface area (Å²) in [6, 6.07) is 5.60. The zero-order chi connectivity index (χ0) is 22.0. The van der Waals surface area contributed by atoms with Gasteiger partial charge in [-0.2, -0.15) is 9.36 Å². The third kappa shape index (κ3) is 4.53. The van der Waals surface area contributed by atoms with Crippen molar-refractivity contribution in [3.05, 3.63) is 71.3 Å². The topological polar surface area (TPSA) is 103 Å². The number of hydrogen-bond acceptors (Lipinski definition) is 8. The van der Waals surface area contributed by atoms with Crippen molar-refractivity contribution >= 4 is 23.3 Å². The Bertz CT molecular complexity index is 1260. The van der Waals surface area contributed by atoms with Gasteiger partial charge in [-0.1, -0.05) is 6.07 Å². The summed E-state index contributed by atoms with van der Waals surface area (Å²) in [6.07, 6.45) is 5.36. The molecule has 1 N–H and O–H groups in total. The van der Waals surface area contributed by atoms with Crippen LogP contribution in [-0.2, 0) is 0 Å². The second kappa shape index (κ2) is 8.52. The molecular formula is C21H17FN6O2S. The monoisotopic (exact) mass is 436 g/mol. The van der Waals surface area contributed by atoms with Crippen LogP contribution < -0.4 is 10.1 Å². The molecule has 0 saturated heterocycles. The second-order valence-corrected chi connectivity index (χ2v) is 7.44. The van der Waals surface area contributed by atoms with Crippen molar-refractivity contribution in [2.75, 3.05) is 5.32 Å². The van der Waals surface area contributed by atoms with E-state index in [1.807, 2.05) is 25.1 Å². The molecule has 0 aliphatic heterocycles. The van der Waals surface area contributed by atoms with Gasteiger partial charge in [0.05, 0.1) is 29.8 Å². The van der Waals surface area contributed by atoms with Crippen LogP contribution in [0.1, 0.15) is 27.3 Å². The minimum absolute atomic E-state index is 0.137. The number of carbonyl (C=O) groups is 1. The molecule has 0 spiro atoms. The first-order valence-electron chi connectivity index (χ1n) is 9.23. The average molecular weight is 436 g/mol. The lowest BCUT2D eigenvalue weighted by Gasteiger charge is -2.10. The summed E-state index contributed by atoms with van der Waals surface area (Å²) in [4.78, 5) is 29.0. The molecule has 0 aliphatic carbocycles. The van der Waals surface area contributed by atoms with Crippen LogP contribution in [0.2, 0.25) is 0 Å². The van der Waals surface area contributed by atoms with Gasteiger partial charge in [-0.15, -0.1) is 0 Å². The first-order chi connectivity index (χ1) is 14.9. The lowest BCUT2D eigenvalue weighted by Crippen LogP contribution is -2.15. The van der Waals surface area contributed by atoms with Crippen molar-refractivity contribution in [1.29, 1.82) is 0 Å². The van der Waals surface area contributed by atoms with E-state index in [0.29, 0.717) is 22.5 Å². The SMILES string of the molecule is Cc1nsc(Oc2ccc(C)c(-c3cnc(NC(=O)c4cncc(F)c4C)cn3)c2)n1. The van der Waals surface area contributed by atoms with Gasteiger partial charge in [0.15, 0.2) is 5.82 Å². The number of nitrogens with zero attached hydrogens (tertiary/aromatic N) is 5. The summed E-state index contributed by atoms with van der Waals surface area (Å²) in [5.41, 5.74) is 2.77. The van der Waals surface area contributed by atoms with Gasteiger partial charge in [0, 0.05) is 28.9 Å². The highest BCUT2D eigenvalue weighted by molar-refractivity contribution is 7.07. The van der Waals surface area contributed by atoms with E-state index in [4.69, 9.17) is 4.74 Å². The van der Waals surface area contributed by atoms with Crippen molar-refractivity contribution in [3.63, 3.8) is 0 Å². The van der Waals surface area contributed by atoms with E-state index in [1.54, 1.807) is 13.1 Å². The van der Waals surface area contributed by atoms with Crippen LogP contribution in [0.15, 0.2) is 43.0 Å². The Morgan fingerprint density at radius 3 is 2.65 bits per heavy atom. The number of anilines is 1. The maximum atomic E-state index is 13.6. The summed E-state index contributed by atoms with van der Waals surface area (Å²) in [7, 11) is 0. The maximum absolute atomic E-state index is 13.6. The highest BCUT2D eigenvalue weighted by Gasteiger charge is 2.14. The van der Waals surface area contributed by atoms with Gasteiger partial charge in [-0.25, -0.2) is 9.37 Å². The first kappa shape index (κ1) is 20.5. The zero-order valence-electron chi connectivity index (χ0n) is 16.9. The summed E-state index contributed by atoms with van der Waals surface area (Å²) >= 11 is 1.18. The molecule has 0 atom stereocenters. The molecule has 0 bridgehead atoms. The molecule has 10 heteroatoms. The Labute approximate surface area is 181 Å². The van der Waals surface area contributed by atoms with Crippen molar-refractivity contribution < 1.29 is 13.9 Å². The van der Waals surface area contributed by atoms with Crippen molar-refractivity contribution in [2.24, 2.45) is 0 Å². The van der Waals surface area contributed by atoms with Crippen LogP contribution in [0.5, 0.6) is 10.9 Å². The highest BCUT2D eigenvalue weighted by Crippen LogP contribution is 2.30. The molecule has 3 heterocycles. The van der Waals surface area contributed by atoms with E-state index in [9.17, 15) is 9.18 Å². The number of hydrogen-bond donors (Lipinski definition) is 1. The third-order valence-corrected chi connectivity index (χ3v) is 5.18. The highest BCUT2D eigenvalue weighted by atomic mass is 32.1. The lowest BCUT2D eigenvalue weighted by atomic mass is 10.1. The zero-order valence-corrected chi connectivity index (χ0v) is 17.7. The molecule has 4 aromatic rings. The fraction of sp³-hybridized carbons (Fsp3) is 0.143. The number of rotatable bonds is 5. The number of carbonyl (C=O) groups excluding carboxylic acids is 1. The van der Waals surface area contributed by atoms with E-state index < -0.39 is 11.7 Å². The standard InChI is InChI=1S/C21H17FN6O2S/c1-11-4-5-14(30-21-26-13(3)28-31-21)6-15(11)18-9-25-19(10-24-18)27-20(29)16-7-23-8-17(22)12(16)2/h4-10H,1-3H3,(H,25,27,29). The number of pyridine rings is 1. The molecule has 1 aromatic carbocycles. The van der Waals surface area contributed by atoms with Crippen LogP contribution in [0.25, 0.3) is 11.3 Å². The molecule has 31 heavy (non-hydrogen) atoms. The van der Waals surface area contributed by atoms with E-state index >= 15 is 0 Å². The summed E-state index contributed by atoms with van der Waals surface area (Å²) < 4.78 is 23.5. The molecule has 0 unspecified atom stereocenters. The molecule has 0 saturated carbocycles. The largest absolute Gasteiger partial charge is 0.430 e. The van der Waals surface area contributed by atoms with E-state index in [0.717, 1.165) is 17.3 Å². The normalized spacial score (nSPS) is 10.7. The first-order valence-corrected chi connectivity index (χ1v) is 10.0. The maximum Gasteiger partial charge on any atom is 0.298 e. The Hall–Kier alpha value is -3.79. The molecule has 156 valence electrons. The van der Waals surface area contributed by atoms with Crippen molar-refractivity contribution in [1.82, 2.24) is 24.3 Å². The Balaban J connectivity index is 1.53. The summed E-state index contributed by atoms with van der Waals surface area (Å²) in [5, 5.41) is 3.07. The number of amides is 1. The van der Waals surface area contributed by atoms with E-state index in [-0.39, 0.29) is 16.9 Å². The molecule has 4 rings (SSSR count). The van der Waals surface area contributed by atoms with E-state index in [2.05, 4.69) is 29.6 Å². The Morgan fingerprint density at radius 2 is 1.94 bits per heavy atom. The quantitative estimate of drug-likeness (QED) is 0.491. The number of ether oxygens (including phenoxy) is 1. The van der Waals surface area contributed by atoms with Gasteiger partial charge in [-0.3, -0.25) is 14.8 Å². The Morgan fingerprint density at radius 1 is 1.10 bits per heavy atom. The Kier molecular flexibility index (Phi) is 5.63. The third-order valence-electron chi connectivity index (χ3n) is 4.49. The fourth-order valence-electron chi connectivity index (χ4n) is 2.80. The molecule has 3 aromatic heterocycles. The number of benzene rings is 1. The van der Waals surface area contributed by atoms with Crippen LogP contribution in [0.3, 0.4) is 0 Å². The number of halogens is 1. The van der Waals surface area contributed by atoms with Gasteiger partial charge < -0.3 is 10.1 Å². The molecule has 0 fully saturated rings. The van der Waals surface area contributed by atoms with Crippen molar-refractivity contribution in [3.8, 4) is 22.2 Å². The minimum atomic E-state index is -0.546. The summed E-state index contributed by atoms with van der Waals surface area (Å²) in [6.45, 7) is 5.26. The second-order valence-electron chi connectivity index (χ2n) is 6.72. The van der Waals surface area contributed by atoms with Crippen LogP contribution >= 0.6 is 11.5 Å². The molecule has 8 nitrogen and oxygen atoms in total. The smallest absolute Gasteiger partial charge is 0.298 e. The predicted octanol–water partition coefficient (Wildman–Crippen LogP) is 4.50. The van der Waals surface area contributed by atoms with Gasteiger partial charge >= 0.3 is 0 Å². The van der Waals surface area contributed by atoms with Gasteiger partial charge in [0.2, 0.25) is 0 Å².